The maximum Gasteiger partial charge on any atom is 0.416 e. The second-order valence-electron chi connectivity index (χ2n) is 10.00. The largest absolute Gasteiger partial charge is 0.416 e. The van der Waals surface area contributed by atoms with Gasteiger partial charge in [0.15, 0.2) is 0 Å². The monoisotopic (exact) mass is 629 g/mol. The number of nitrogens with one attached hydrogen (secondary N) is 1. The zero-order valence-corrected chi connectivity index (χ0v) is 24.4. The van der Waals surface area contributed by atoms with Crippen LogP contribution in [0.25, 0.3) is 0 Å². The van der Waals surface area contributed by atoms with E-state index in [-0.39, 0.29) is 30.4 Å². The van der Waals surface area contributed by atoms with E-state index in [1.165, 1.54) is 6.92 Å². The molecule has 220 valence electrons. The Balaban J connectivity index is 1.70. The number of carbonyl (C=O) groups is 1. The van der Waals surface area contributed by atoms with Crippen molar-refractivity contribution < 1.29 is 31.5 Å². The number of carbonyl (C=O) groups excluding carboxylic acids is 1. The van der Waals surface area contributed by atoms with E-state index >= 15 is 0 Å². The fraction of sp³-hybridized carbons (Fsp3) is 0.321. The standard InChI is InChI=1S/C28H28Cl2F3N3O4S/c1-17(16-37)34-27(38)20-11-21(28(31,32)33)13-24(12-20)36(41(2,39)40)25-14-35(15-25)26(18-3-7-22(29)8-4-18)19-5-9-23(30)10-6-19/h3-13,17,25-26,37H,14-16H2,1-2H3,(H,34,38)/t17-/m0/s1. The third-order valence-electron chi connectivity index (χ3n) is 6.73. The Morgan fingerprint density at radius 3 is 1.98 bits per heavy atom. The molecule has 3 aromatic rings. The highest BCUT2D eigenvalue weighted by Gasteiger charge is 2.42. The van der Waals surface area contributed by atoms with Crippen LogP contribution in [0.3, 0.4) is 0 Å². The first kappa shape index (κ1) is 31.1. The molecule has 1 aliphatic heterocycles. The summed E-state index contributed by atoms with van der Waals surface area (Å²) in [6, 6.07) is 15.2. The lowest BCUT2D eigenvalue weighted by Gasteiger charge is -2.49. The van der Waals surface area contributed by atoms with Gasteiger partial charge in [-0.25, -0.2) is 8.42 Å². The Hall–Kier alpha value is -2.83. The molecule has 41 heavy (non-hydrogen) atoms. The molecule has 0 radical (unpaired) electrons. The van der Waals surface area contributed by atoms with Gasteiger partial charge in [-0.05, 0) is 60.5 Å². The number of nitrogens with zero attached hydrogens (tertiary/aromatic N) is 2. The number of hydrogen-bond acceptors (Lipinski definition) is 5. The number of hydrogen-bond donors (Lipinski definition) is 2. The van der Waals surface area contributed by atoms with Crippen LogP contribution >= 0.6 is 23.2 Å². The van der Waals surface area contributed by atoms with Gasteiger partial charge in [0.2, 0.25) is 10.0 Å². The van der Waals surface area contributed by atoms with Gasteiger partial charge in [-0.2, -0.15) is 13.2 Å². The molecule has 0 aromatic heterocycles. The first-order valence-electron chi connectivity index (χ1n) is 12.6. The van der Waals surface area contributed by atoms with E-state index < -0.39 is 46.4 Å². The van der Waals surface area contributed by atoms with Crippen molar-refractivity contribution in [1.29, 1.82) is 0 Å². The fourth-order valence-corrected chi connectivity index (χ4v) is 6.23. The predicted molar refractivity (Wildman–Crippen MR) is 153 cm³/mol. The summed E-state index contributed by atoms with van der Waals surface area (Å²) in [6.45, 7) is 1.45. The molecule has 13 heteroatoms. The minimum atomic E-state index is -4.84. The molecule has 0 saturated carbocycles. The van der Waals surface area contributed by atoms with Crippen LogP contribution in [0.1, 0.15) is 40.0 Å². The Morgan fingerprint density at radius 2 is 1.54 bits per heavy atom. The summed E-state index contributed by atoms with van der Waals surface area (Å²) in [7, 11) is -4.07. The van der Waals surface area contributed by atoms with Crippen molar-refractivity contribution >= 4 is 44.8 Å². The van der Waals surface area contributed by atoms with Gasteiger partial charge in [0.25, 0.3) is 5.91 Å². The molecule has 1 heterocycles. The number of amides is 1. The molecule has 1 amide bonds. The number of benzene rings is 3. The fourth-order valence-electron chi connectivity index (χ4n) is 4.81. The van der Waals surface area contributed by atoms with Crippen molar-refractivity contribution in [2.24, 2.45) is 0 Å². The molecule has 0 bridgehead atoms. The average Bonchev–Trinajstić information content (AvgIpc) is 2.87. The highest BCUT2D eigenvalue weighted by Crippen LogP contribution is 2.39. The van der Waals surface area contributed by atoms with E-state index in [1.807, 2.05) is 29.2 Å². The lowest BCUT2D eigenvalue weighted by molar-refractivity contribution is -0.137. The first-order valence-corrected chi connectivity index (χ1v) is 15.2. The molecule has 0 spiro atoms. The summed E-state index contributed by atoms with van der Waals surface area (Å²) in [6.07, 6.45) is -3.92. The molecular weight excluding hydrogens is 602 g/mol. The summed E-state index contributed by atoms with van der Waals surface area (Å²) >= 11 is 12.2. The molecule has 1 fully saturated rings. The van der Waals surface area contributed by atoms with E-state index in [9.17, 15) is 31.5 Å². The number of halogens is 5. The normalized spacial score (nSPS) is 15.4. The maximum absolute atomic E-state index is 13.8. The molecule has 7 nitrogen and oxygen atoms in total. The molecule has 2 N–H and O–H groups in total. The Labute approximate surface area is 246 Å². The van der Waals surface area contributed by atoms with E-state index in [1.54, 1.807) is 24.3 Å². The number of aliphatic hydroxyl groups excluding tert-OH is 1. The molecule has 1 saturated heterocycles. The van der Waals surface area contributed by atoms with Crippen LogP contribution in [-0.2, 0) is 16.2 Å². The smallest absolute Gasteiger partial charge is 0.394 e. The highest BCUT2D eigenvalue weighted by atomic mass is 35.5. The van der Waals surface area contributed by atoms with Gasteiger partial charge in [0, 0.05) is 34.7 Å². The van der Waals surface area contributed by atoms with Crippen LogP contribution in [-0.4, -0.2) is 62.4 Å². The third kappa shape index (κ3) is 7.34. The number of sulfonamides is 1. The average molecular weight is 631 g/mol. The van der Waals surface area contributed by atoms with Gasteiger partial charge in [0.05, 0.1) is 36.2 Å². The van der Waals surface area contributed by atoms with Crippen molar-refractivity contribution in [2.45, 2.75) is 31.2 Å². The van der Waals surface area contributed by atoms with Crippen LogP contribution in [0.2, 0.25) is 10.0 Å². The Morgan fingerprint density at radius 1 is 1.02 bits per heavy atom. The molecule has 4 rings (SSSR count). The summed E-state index contributed by atoms with van der Waals surface area (Å²) in [5, 5.41) is 12.7. The molecule has 3 aromatic carbocycles. The van der Waals surface area contributed by atoms with Crippen molar-refractivity contribution in [3.63, 3.8) is 0 Å². The number of anilines is 1. The van der Waals surface area contributed by atoms with E-state index in [0.29, 0.717) is 16.1 Å². The SMILES string of the molecule is C[C@@H](CO)NC(=O)c1cc(N(C2CN(C(c3ccc(Cl)cc3)c3ccc(Cl)cc3)C2)S(C)(=O)=O)cc(C(F)(F)F)c1. The zero-order valence-electron chi connectivity index (χ0n) is 22.1. The number of rotatable bonds is 9. The number of aliphatic hydroxyl groups is 1. The third-order valence-corrected chi connectivity index (χ3v) is 8.46. The Kier molecular flexibility index (Phi) is 9.25. The highest BCUT2D eigenvalue weighted by molar-refractivity contribution is 7.92. The molecule has 1 aliphatic rings. The molecule has 0 unspecified atom stereocenters. The second kappa shape index (κ2) is 12.2. The van der Waals surface area contributed by atoms with Gasteiger partial charge in [-0.1, -0.05) is 47.5 Å². The lowest BCUT2D eigenvalue weighted by atomic mass is 9.93. The molecule has 1 atom stereocenters. The van der Waals surface area contributed by atoms with Crippen LogP contribution in [0.5, 0.6) is 0 Å². The summed E-state index contributed by atoms with van der Waals surface area (Å²) in [5.41, 5.74) is -0.0421. The second-order valence-corrected chi connectivity index (χ2v) is 12.7. The van der Waals surface area contributed by atoms with Crippen LogP contribution in [0, 0.1) is 0 Å². The van der Waals surface area contributed by atoms with Gasteiger partial charge >= 0.3 is 6.18 Å². The van der Waals surface area contributed by atoms with Crippen LogP contribution in [0.4, 0.5) is 18.9 Å². The van der Waals surface area contributed by atoms with Crippen molar-refractivity contribution in [2.75, 3.05) is 30.3 Å². The lowest BCUT2D eigenvalue weighted by Crippen LogP contribution is -2.61. The van der Waals surface area contributed by atoms with Gasteiger partial charge in [0.1, 0.15) is 0 Å². The van der Waals surface area contributed by atoms with E-state index in [4.69, 9.17) is 23.2 Å². The maximum atomic E-state index is 13.8. The van der Waals surface area contributed by atoms with Gasteiger partial charge in [-0.3, -0.25) is 14.0 Å². The zero-order chi connectivity index (χ0) is 30.1. The number of likely N-dealkylation sites (tertiary alicyclic amines) is 1. The van der Waals surface area contributed by atoms with Gasteiger partial charge in [-0.15, -0.1) is 0 Å². The van der Waals surface area contributed by atoms with E-state index in [2.05, 4.69) is 5.32 Å². The van der Waals surface area contributed by atoms with Crippen molar-refractivity contribution in [3.05, 3.63) is 99.0 Å². The first-order chi connectivity index (χ1) is 19.2. The van der Waals surface area contributed by atoms with Crippen molar-refractivity contribution in [3.8, 4) is 0 Å². The number of alkyl halides is 3. The molecule has 0 aliphatic carbocycles. The van der Waals surface area contributed by atoms with Gasteiger partial charge < -0.3 is 10.4 Å². The topological polar surface area (TPSA) is 89.9 Å². The van der Waals surface area contributed by atoms with Crippen LogP contribution in [0.15, 0.2) is 66.7 Å². The summed E-state index contributed by atoms with van der Waals surface area (Å²) in [4.78, 5) is 14.7. The summed E-state index contributed by atoms with van der Waals surface area (Å²) in [5.74, 6) is -0.867. The molecular formula is C28H28Cl2F3N3O4S. The van der Waals surface area contributed by atoms with E-state index in [0.717, 1.165) is 33.8 Å². The minimum Gasteiger partial charge on any atom is -0.394 e. The predicted octanol–water partition coefficient (Wildman–Crippen LogP) is 5.36. The Bertz CT molecular complexity index is 1450. The summed E-state index contributed by atoms with van der Waals surface area (Å²) < 4.78 is 68.4. The minimum absolute atomic E-state index is 0.197. The quantitative estimate of drug-likeness (QED) is 0.332. The van der Waals surface area contributed by atoms with Crippen molar-refractivity contribution in [1.82, 2.24) is 10.2 Å². The van der Waals surface area contributed by atoms with Crippen LogP contribution < -0.4 is 9.62 Å².